The van der Waals surface area contributed by atoms with Crippen molar-refractivity contribution in [3.8, 4) is 0 Å². The van der Waals surface area contributed by atoms with Crippen molar-refractivity contribution in [2.45, 2.75) is 27.7 Å². The zero-order chi connectivity index (χ0) is 14.2. The van der Waals surface area contributed by atoms with E-state index in [1.54, 1.807) is 0 Å². The van der Waals surface area contributed by atoms with Crippen LogP contribution in [0.1, 0.15) is 33.3 Å². The fraction of sp³-hybridized carbons (Fsp3) is 0.462. The summed E-state index contributed by atoms with van der Waals surface area (Å²) in [4.78, 5) is 20.3. The van der Waals surface area contributed by atoms with E-state index >= 15 is 0 Å². The lowest BCUT2D eigenvalue weighted by Crippen LogP contribution is -2.28. The third kappa shape index (κ3) is 2.87. The molecule has 0 atom stereocenters. The van der Waals surface area contributed by atoms with Crippen molar-refractivity contribution >= 4 is 34.8 Å². The van der Waals surface area contributed by atoms with Gasteiger partial charge in [-0.1, -0.05) is 38.4 Å². The molecular weight excluding hydrogens is 264 g/mol. The summed E-state index contributed by atoms with van der Waals surface area (Å²) in [5.74, 6) is 0.738. The minimum Gasteiger partial charge on any atom is -0.366 e. The molecule has 0 radical (unpaired) electrons. The quantitative estimate of drug-likeness (QED) is 0.776. The van der Waals surface area contributed by atoms with Crippen molar-refractivity contribution in [2.75, 3.05) is 17.2 Å². The summed E-state index contributed by atoms with van der Waals surface area (Å²) in [6, 6.07) is 0. The lowest BCUT2D eigenvalue weighted by molar-refractivity contribution is -0.123. The molecule has 0 aliphatic carbocycles. The number of hydrogen-bond acceptors (Lipinski definition) is 4. The van der Waals surface area contributed by atoms with Crippen LogP contribution >= 0.6 is 11.6 Å². The van der Waals surface area contributed by atoms with Gasteiger partial charge in [-0.3, -0.25) is 10.1 Å². The average Bonchev–Trinajstić information content (AvgIpc) is 2.27. The van der Waals surface area contributed by atoms with E-state index in [4.69, 9.17) is 11.6 Å². The van der Waals surface area contributed by atoms with Gasteiger partial charge in [-0.05, 0) is 12.5 Å². The number of nitrogens with zero attached hydrogens (tertiary/aromatic N) is 2. The number of anilines is 2. The lowest BCUT2D eigenvalue weighted by Gasteiger charge is -2.20. The summed E-state index contributed by atoms with van der Waals surface area (Å²) in [6.07, 6.45) is 2.02. The fourth-order valence-corrected chi connectivity index (χ4v) is 1.98. The molecule has 6 heteroatoms. The highest BCUT2D eigenvalue weighted by Gasteiger charge is 2.24. The van der Waals surface area contributed by atoms with Crippen LogP contribution in [0.25, 0.3) is 5.57 Å². The number of allylic oxidation sites excluding steroid dienone is 1. The molecule has 19 heavy (non-hydrogen) atoms. The molecule has 0 aromatic carbocycles. The predicted octanol–water partition coefficient (Wildman–Crippen LogP) is 2.94. The van der Waals surface area contributed by atoms with Gasteiger partial charge in [0.2, 0.25) is 11.9 Å². The molecule has 0 saturated carbocycles. The summed E-state index contributed by atoms with van der Waals surface area (Å²) in [5, 5.41) is 6.15. The normalized spacial score (nSPS) is 14.3. The van der Waals surface area contributed by atoms with E-state index in [9.17, 15) is 4.79 Å². The minimum absolute atomic E-state index is 0.147. The molecule has 2 rings (SSSR count). The van der Waals surface area contributed by atoms with Crippen molar-refractivity contribution in [3.05, 3.63) is 16.8 Å². The largest absolute Gasteiger partial charge is 0.366 e. The number of halogens is 1. The Balaban J connectivity index is 2.34. The van der Waals surface area contributed by atoms with Crippen molar-refractivity contribution in [1.82, 2.24) is 9.97 Å². The number of carbonyl (C=O) groups is 1. The molecule has 0 bridgehead atoms. The Morgan fingerprint density at radius 1 is 1.42 bits per heavy atom. The van der Waals surface area contributed by atoms with E-state index in [0.717, 1.165) is 11.1 Å². The van der Waals surface area contributed by atoms with Crippen LogP contribution < -0.4 is 10.6 Å². The molecule has 1 aromatic heterocycles. The Bertz CT molecular complexity index is 560. The van der Waals surface area contributed by atoms with Gasteiger partial charge >= 0.3 is 0 Å². The second-order valence-electron chi connectivity index (χ2n) is 5.53. The second kappa shape index (κ2) is 4.81. The van der Waals surface area contributed by atoms with Crippen molar-refractivity contribution in [2.24, 2.45) is 5.41 Å². The average molecular weight is 281 g/mol. The SMILES string of the molecule is CC1=CCNc2nc(NC(=O)C(C)(C)C)nc(Cl)c21. The molecule has 1 amide bonds. The number of fused-ring (bicyclic) bond motifs is 1. The highest BCUT2D eigenvalue weighted by atomic mass is 35.5. The molecule has 0 unspecified atom stereocenters. The van der Waals surface area contributed by atoms with Gasteiger partial charge in [0.15, 0.2) is 0 Å². The highest BCUT2D eigenvalue weighted by Crippen LogP contribution is 2.32. The summed E-state index contributed by atoms with van der Waals surface area (Å²) >= 11 is 6.16. The Hall–Kier alpha value is -1.62. The molecule has 0 spiro atoms. The van der Waals surface area contributed by atoms with Crippen LogP contribution in [0.5, 0.6) is 0 Å². The van der Waals surface area contributed by atoms with Gasteiger partial charge in [-0.25, -0.2) is 0 Å². The second-order valence-corrected chi connectivity index (χ2v) is 5.89. The third-order valence-electron chi connectivity index (χ3n) is 2.84. The van der Waals surface area contributed by atoms with Crippen LogP contribution in [-0.2, 0) is 4.79 Å². The Kier molecular flexibility index (Phi) is 3.49. The van der Waals surface area contributed by atoms with E-state index < -0.39 is 5.41 Å². The first-order chi connectivity index (χ1) is 8.79. The van der Waals surface area contributed by atoms with Crippen LogP contribution in [0.3, 0.4) is 0 Å². The number of carbonyl (C=O) groups excluding carboxylic acids is 1. The van der Waals surface area contributed by atoms with Crippen molar-refractivity contribution in [3.63, 3.8) is 0 Å². The monoisotopic (exact) mass is 280 g/mol. The molecule has 102 valence electrons. The van der Waals surface area contributed by atoms with E-state index in [0.29, 0.717) is 17.5 Å². The third-order valence-corrected chi connectivity index (χ3v) is 3.12. The summed E-state index contributed by atoms with van der Waals surface area (Å²) in [5.41, 5.74) is 1.32. The van der Waals surface area contributed by atoms with Crippen molar-refractivity contribution < 1.29 is 4.79 Å². The van der Waals surface area contributed by atoms with E-state index in [2.05, 4.69) is 20.6 Å². The molecule has 0 fully saturated rings. The van der Waals surface area contributed by atoms with Gasteiger partial charge in [0, 0.05) is 12.0 Å². The molecular formula is C13H17ClN4O. The molecule has 0 saturated heterocycles. The van der Waals surface area contributed by atoms with Gasteiger partial charge in [0.1, 0.15) is 11.0 Å². The fourth-order valence-electron chi connectivity index (χ4n) is 1.66. The smallest absolute Gasteiger partial charge is 0.232 e. The van der Waals surface area contributed by atoms with E-state index in [-0.39, 0.29) is 11.9 Å². The van der Waals surface area contributed by atoms with Gasteiger partial charge in [-0.15, -0.1) is 0 Å². The minimum atomic E-state index is -0.505. The van der Waals surface area contributed by atoms with Crippen LogP contribution in [-0.4, -0.2) is 22.4 Å². The van der Waals surface area contributed by atoms with Crippen LogP contribution in [0, 0.1) is 5.41 Å². The van der Waals surface area contributed by atoms with Crippen molar-refractivity contribution in [1.29, 1.82) is 0 Å². The zero-order valence-corrected chi connectivity index (χ0v) is 12.2. The Morgan fingerprint density at radius 2 is 2.11 bits per heavy atom. The summed E-state index contributed by atoms with van der Waals surface area (Å²) in [7, 11) is 0. The maximum absolute atomic E-state index is 11.9. The predicted molar refractivity (Wildman–Crippen MR) is 77.3 cm³/mol. The standard InChI is InChI=1S/C13H17ClN4O/c1-7-5-6-15-10-8(7)9(14)16-12(17-10)18-11(19)13(2,3)4/h5H,6H2,1-4H3,(H2,15,16,17,18,19). The maximum Gasteiger partial charge on any atom is 0.232 e. The molecule has 2 heterocycles. The first-order valence-electron chi connectivity index (χ1n) is 6.09. The molecule has 5 nitrogen and oxygen atoms in total. The number of nitrogens with one attached hydrogen (secondary N) is 2. The lowest BCUT2D eigenvalue weighted by atomic mass is 9.96. The molecule has 1 aliphatic heterocycles. The topological polar surface area (TPSA) is 66.9 Å². The van der Waals surface area contributed by atoms with E-state index in [1.165, 1.54) is 0 Å². The number of aromatic nitrogens is 2. The zero-order valence-electron chi connectivity index (χ0n) is 11.5. The first kappa shape index (κ1) is 13.8. The number of amides is 1. The maximum atomic E-state index is 11.9. The molecule has 1 aliphatic rings. The highest BCUT2D eigenvalue weighted by molar-refractivity contribution is 6.31. The number of rotatable bonds is 1. The van der Waals surface area contributed by atoms with Gasteiger partial charge in [0.25, 0.3) is 0 Å². The van der Waals surface area contributed by atoms with Crippen LogP contribution in [0.15, 0.2) is 6.08 Å². The van der Waals surface area contributed by atoms with Crippen LogP contribution in [0.4, 0.5) is 11.8 Å². The van der Waals surface area contributed by atoms with Crippen LogP contribution in [0.2, 0.25) is 5.15 Å². The van der Waals surface area contributed by atoms with Gasteiger partial charge in [0.05, 0.1) is 5.56 Å². The summed E-state index contributed by atoms with van der Waals surface area (Å²) in [6.45, 7) is 8.13. The number of hydrogen-bond donors (Lipinski definition) is 2. The first-order valence-corrected chi connectivity index (χ1v) is 6.47. The van der Waals surface area contributed by atoms with E-state index in [1.807, 2.05) is 33.8 Å². The molecule has 1 aromatic rings. The van der Waals surface area contributed by atoms with Gasteiger partial charge in [-0.2, -0.15) is 9.97 Å². The van der Waals surface area contributed by atoms with Gasteiger partial charge < -0.3 is 5.32 Å². The Labute approximate surface area is 117 Å². The molecule has 2 N–H and O–H groups in total. The Morgan fingerprint density at radius 3 is 2.74 bits per heavy atom. The summed E-state index contributed by atoms with van der Waals surface area (Å²) < 4.78 is 0.